The lowest BCUT2D eigenvalue weighted by atomic mass is 10.1. The van der Waals surface area contributed by atoms with Crippen LogP contribution >= 0.6 is 47.8 Å². The number of benzene rings is 3. The molecule has 0 amide bonds. The van der Waals surface area contributed by atoms with Crippen molar-refractivity contribution in [1.29, 1.82) is 0 Å². The zero-order chi connectivity index (χ0) is 37.9. The van der Waals surface area contributed by atoms with Crippen LogP contribution in [-0.2, 0) is 43.1 Å². The third kappa shape index (κ3) is 11.0. The molecule has 52 heavy (non-hydrogen) atoms. The Morgan fingerprint density at radius 1 is 0.596 bits per heavy atom. The summed E-state index contributed by atoms with van der Waals surface area (Å²) in [6.45, 7) is 4.25. The van der Waals surface area contributed by atoms with E-state index in [0.29, 0.717) is 32.5 Å². The lowest BCUT2D eigenvalue weighted by molar-refractivity contribution is -0.145. The van der Waals surface area contributed by atoms with E-state index >= 15 is 0 Å². The van der Waals surface area contributed by atoms with Crippen LogP contribution in [-0.4, -0.2) is 69.3 Å². The van der Waals surface area contributed by atoms with Crippen LogP contribution in [0.2, 0.25) is 0 Å². The SMILES string of the molecule is CCOC(=O)C(N)Cc1c[nH]c2ccc(Br)cc12.CCOC(=O)[C@H](N)Cc1c[nH]c2ccc(Br)cc12.N[C@@H](Cc1c[nH]c2ccc(Br)cc12)C(=O)O. The molecule has 0 aliphatic rings. The highest BCUT2D eigenvalue weighted by molar-refractivity contribution is 9.11. The molecule has 3 aromatic carbocycles. The Morgan fingerprint density at radius 3 is 1.19 bits per heavy atom. The molecule has 0 aliphatic heterocycles. The van der Waals surface area contributed by atoms with Crippen molar-refractivity contribution in [2.24, 2.45) is 17.2 Å². The predicted molar refractivity (Wildman–Crippen MR) is 214 cm³/mol. The van der Waals surface area contributed by atoms with E-state index < -0.39 is 24.1 Å². The fourth-order valence-corrected chi connectivity index (χ4v) is 6.51. The lowest BCUT2D eigenvalue weighted by Gasteiger charge is -2.09. The number of carboxylic acids is 1. The zero-order valence-electron chi connectivity index (χ0n) is 28.6. The number of H-pyrrole nitrogens is 3. The number of nitrogens with one attached hydrogen (secondary N) is 3. The summed E-state index contributed by atoms with van der Waals surface area (Å²) in [6, 6.07) is 15.6. The lowest BCUT2D eigenvalue weighted by Crippen LogP contribution is -2.34. The van der Waals surface area contributed by atoms with Gasteiger partial charge in [0.25, 0.3) is 0 Å². The van der Waals surface area contributed by atoms with Crippen LogP contribution in [0.25, 0.3) is 32.7 Å². The van der Waals surface area contributed by atoms with E-state index in [-0.39, 0.29) is 11.9 Å². The first-order valence-electron chi connectivity index (χ1n) is 16.4. The van der Waals surface area contributed by atoms with Gasteiger partial charge < -0.3 is 46.7 Å². The van der Waals surface area contributed by atoms with Crippen LogP contribution < -0.4 is 17.2 Å². The van der Waals surface area contributed by atoms with Gasteiger partial charge in [-0.15, -0.1) is 0 Å². The van der Waals surface area contributed by atoms with Gasteiger partial charge in [0.1, 0.15) is 18.1 Å². The smallest absolute Gasteiger partial charge is 0.323 e. The monoisotopic (exact) mass is 902 g/mol. The van der Waals surface area contributed by atoms with Crippen molar-refractivity contribution in [3.63, 3.8) is 0 Å². The van der Waals surface area contributed by atoms with Crippen molar-refractivity contribution in [3.05, 3.63) is 103 Å². The molecule has 10 N–H and O–H groups in total. The molecule has 0 spiro atoms. The minimum Gasteiger partial charge on any atom is -0.480 e. The van der Waals surface area contributed by atoms with Crippen molar-refractivity contribution in [2.45, 2.75) is 51.2 Å². The minimum atomic E-state index is -0.982. The first-order valence-corrected chi connectivity index (χ1v) is 18.8. The second-order valence-electron chi connectivity index (χ2n) is 11.8. The fourth-order valence-electron chi connectivity index (χ4n) is 5.42. The summed E-state index contributed by atoms with van der Waals surface area (Å²) < 4.78 is 12.8. The standard InChI is InChI=1S/2C13H15BrN2O2.C11H11BrN2O2/c2*1-2-18-13(17)11(15)5-8-7-16-12-4-3-9(14)6-10(8)12;12-7-1-2-10-8(4-7)6(5-14-10)3-9(13)11(15)16/h2*3-4,6-7,11,16H,2,5,15H2,1H3;1-2,4-5,9,14H,3,13H2,(H,15,16)/t11-;;9-/m1.0/s1. The number of aliphatic carboxylic acids is 1. The molecular weight excluding hydrogens is 864 g/mol. The second-order valence-corrected chi connectivity index (χ2v) is 14.5. The summed E-state index contributed by atoms with van der Waals surface area (Å²) in [7, 11) is 0. The maximum Gasteiger partial charge on any atom is 0.323 e. The number of ether oxygens (including phenoxy) is 2. The molecule has 3 heterocycles. The molecule has 0 bridgehead atoms. The van der Waals surface area contributed by atoms with Gasteiger partial charge in [0, 0.05) is 84.0 Å². The van der Waals surface area contributed by atoms with Crippen molar-refractivity contribution in [2.75, 3.05) is 13.2 Å². The number of esters is 2. The van der Waals surface area contributed by atoms with E-state index in [2.05, 4.69) is 62.7 Å². The molecule has 0 fully saturated rings. The fraction of sp³-hybridized carbons (Fsp3) is 0.270. The highest BCUT2D eigenvalue weighted by atomic mass is 79.9. The predicted octanol–water partition coefficient (Wildman–Crippen LogP) is 6.61. The van der Waals surface area contributed by atoms with E-state index in [1.54, 1.807) is 20.0 Å². The Labute approximate surface area is 325 Å². The molecule has 12 nitrogen and oxygen atoms in total. The normalized spacial score (nSPS) is 12.7. The average Bonchev–Trinajstić information content (AvgIpc) is 3.82. The van der Waals surface area contributed by atoms with Crippen LogP contribution in [0.5, 0.6) is 0 Å². The van der Waals surface area contributed by atoms with Gasteiger partial charge in [0.2, 0.25) is 0 Å². The number of hydrogen-bond donors (Lipinski definition) is 7. The molecule has 0 saturated carbocycles. The van der Waals surface area contributed by atoms with Crippen molar-refractivity contribution < 1.29 is 29.0 Å². The molecule has 6 rings (SSSR count). The van der Waals surface area contributed by atoms with E-state index in [1.165, 1.54) is 0 Å². The number of aromatic amines is 3. The zero-order valence-corrected chi connectivity index (χ0v) is 33.3. The highest BCUT2D eigenvalue weighted by Gasteiger charge is 2.19. The van der Waals surface area contributed by atoms with Gasteiger partial charge in [0.05, 0.1) is 13.2 Å². The number of carbonyl (C=O) groups is 3. The third-order valence-electron chi connectivity index (χ3n) is 8.00. The Bertz CT molecular complexity index is 2040. The van der Waals surface area contributed by atoms with Gasteiger partial charge in [-0.05, 0) is 85.1 Å². The molecule has 1 unspecified atom stereocenters. The number of aromatic nitrogens is 3. The van der Waals surface area contributed by atoms with Gasteiger partial charge in [-0.25, -0.2) is 0 Å². The maximum atomic E-state index is 11.5. The number of carboxylic acid groups (broad SMARTS) is 1. The Hall–Kier alpha value is -3.99. The number of fused-ring (bicyclic) bond motifs is 3. The van der Waals surface area contributed by atoms with Gasteiger partial charge >= 0.3 is 17.9 Å². The summed E-state index contributed by atoms with van der Waals surface area (Å²) in [5.74, 6) is -1.70. The summed E-state index contributed by atoms with van der Waals surface area (Å²) in [5, 5.41) is 11.9. The minimum absolute atomic E-state index is 0.325. The van der Waals surface area contributed by atoms with E-state index in [0.717, 1.165) is 62.8 Å². The Morgan fingerprint density at radius 2 is 0.904 bits per heavy atom. The number of nitrogens with two attached hydrogens (primary N) is 3. The van der Waals surface area contributed by atoms with Gasteiger partial charge in [0.15, 0.2) is 0 Å². The summed E-state index contributed by atoms with van der Waals surface area (Å²) in [4.78, 5) is 43.1. The van der Waals surface area contributed by atoms with Crippen LogP contribution in [0.15, 0.2) is 86.6 Å². The Kier molecular flexibility index (Phi) is 15.0. The van der Waals surface area contributed by atoms with Crippen LogP contribution in [0.3, 0.4) is 0 Å². The van der Waals surface area contributed by atoms with E-state index in [1.807, 2.05) is 67.0 Å². The largest absolute Gasteiger partial charge is 0.480 e. The van der Waals surface area contributed by atoms with Gasteiger partial charge in [-0.2, -0.15) is 0 Å². The third-order valence-corrected chi connectivity index (χ3v) is 9.48. The van der Waals surface area contributed by atoms with Gasteiger partial charge in [-0.3, -0.25) is 14.4 Å². The quantitative estimate of drug-likeness (QED) is 0.0696. The first-order chi connectivity index (χ1) is 24.8. The van der Waals surface area contributed by atoms with Crippen LogP contribution in [0, 0.1) is 0 Å². The van der Waals surface area contributed by atoms with Crippen molar-refractivity contribution >= 4 is 98.4 Å². The molecule has 276 valence electrons. The summed E-state index contributed by atoms with van der Waals surface area (Å²) in [5.41, 5.74) is 23.2. The first kappa shape index (κ1) is 40.8. The van der Waals surface area contributed by atoms with E-state index in [9.17, 15) is 14.4 Å². The molecule has 3 atom stereocenters. The van der Waals surface area contributed by atoms with Crippen molar-refractivity contribution in [1.82, 2.24) is 15.0 Å². The number of hydrogen-bond acceptors (Lipinski definition) is 8. The van der Waals surface area contributed by atoms with Crippen LogP contribution in [0.1, 0.15) is 30.5 Å². The van der Waals surface area contributed by atoms with Gasteiger partial charge in [-0.1, -0.05) is 47.8 Å². The average molecular weight is 905 g/mol. The molecule has 0 saturated heterocycles. The van der Waals surface area contributed by atoms with E-state index in [4.69, 9.17) is 31.8 Å². The second kappa shape index (κ2) is 19.2. The van der Waals surface area contributed by atoms with Crippen molar-refractivity contribution in [3.8, 4) is 0 Å². The molecule has 15 heteroatoms. The molecular formula is C37H41Br3N6O6. The topological polar surface area (TPSA) is 215 Å². The molecule has 0 radical (unpaired) electrons. The molecule has 3 aromatic heterocycles. The molecule has 6 aromatic rings. The molecule has 0 aliphatic carbocycles. The number of carbonyl (C=O) groups excluding carboxylic acids is 2. The summed E-state index contributed by atoms with van der Waals surface area (Å²) >= 11 is 10.3. The number of halogens is 3. The van der Waals surface area contributed by atoms with Crippen LogP contribution in [0.4, 0.5) is 0 Å². The summed E-state index contributed by atoms with van der Waals surface area (Å²) in [6.07, 6.45) is 6.84. The Balaban J connectivity index is 0.000000175. The highest BCUT2D eigenvalue weighted by Crippen LogP contribution is 2.26. The number of rotatable bonds is 11. The maximum absolute atomic E-state index is 11.5.